The Bertz CT molecular complexity index is 446. The summed E-state index contributed by atoms with van der Waals surface area (Å²) in [7, 11) is 0. The Labute approximate surface area is 109 Å². The summed E-state index contributed by atoms with van der Waals surface area (Å²) in [5.74, 6) is 0. The van der Waals surface area contributed by atoms with Gasteiger partial charge in [0.1, 0.15) is 0 Å². The molecule has 3 heteroatoms. The first-order valence-corrected chi connectivity index (χ1v) is 7.57. The molecule has 92 valence electrons. The molecule has 1 atom stereocenters. The van der Waals surface area contributed by atoms with Gasteiger partial charge < -0.3 is 0 Å². The van der Waals surface area contributed by atoms with E-state index in [2.05, 4.69) is 50.0 Å². The summed E-state index contributed by atoms with van der Waals surface area (Å²) >= 11 is 0.310. The predicted molar refractivity (Wildman–Crippen MR) is 72.8 cm³/mol. The number of aryl methyl sites for hydroxylation is 1. The fourth-order valence-corrected chi connectivity index (χ4v) is 5.07. The first kappa shape index (κ1) is 12.8. The van der Waals surface area contributed by atoms with Gasteiger partial charge in [0.05, 0.1) is 0 Å². The molecule has 1 unspecified atom stereocenters. The molecule has 0 aliphatic carbocycles. The average molecular weight is 296 g/mol. The molecule has 0 bridgehead atoms. The molecule has 0 saturated carbocycles. The molecule has 17 heavy (non-hydrogen) atoms. The third-order valence-corrected chi connectivity index (χ3v) is 5.33. The van der Waals surface area contributed by atoms with Crippen LogP contribution in [0.1, 0.15) is 38.3 Å². The normalized spacial score (nSPS) is 27.7. The second-order valence-corrected chi connectivity index (χ2v) is 9.10. The molecule has 1 aliphatic rings. The third-order valence-electron chi connectivity index (χ3n) is 2.77. The number of nitrogens with zero attached hydrogens (tertiary/aromatic N) is 1. The molecule has 0 spiro atoms. The Balaban J connectivity index is 2.38. The zero-order valence-corrected chi connectivity index (χ0v) is 12.5. The van der Waals surface area contributed by atoms with Gasteiger partial charge in [0, 0.05) is 0 Å². The van der Waals surface area contributed by atoms with E-state index in [9.17, 15) is 5.11 Å². The van der Waals surface area contributed by atoms with Crippen molar-refractivity contribution in [2.24, 2.45) is 4.99 Å². The topological polar surface area (TPSA) is 32.6 Å². The predicted octanol–water partition coefficient (Wildman–Crippen LogP) is 2.76. The zero-order chi connectivity index (χ0) is 12.7. The summed E-state index contributed by atoms with van der Waals surface area (Å²) in [6.07, 6.45) is 0.745. The molecule has 0 amide bonds. The van der Waals surface area contributed by atoms with Crippen LogP contribution in [0, 0.1) is 6.92 Å². The number of aliphatic imine (C=N–C) groups is 1. The summed E-state index contributed by atoms with van der Waals surface area (Å²) in [5, 5.41) is 10.2. The van der Waals surface area contributed by atoms with Crippen molar-refractivity contribution in [3.63, 3.8) is 0 Å². The average Bonchev–Trinajstić information content (AvgIpc) is 2.13. The molecule has 1 aliphatic heterocycles. The summed E-state index contributed by atoms with van der Waals surface area (Å²) in [6, 6.07) is 8.41. The van der Waals surface area contributed by atoms with Gasteiger partial charge in [0.25, 0.3) is 0 Å². The van der Waals surface area contributed by atoms with Crippen molar-refractivity contribution in [3.05, 3.63) is 35.4 Å². The van der Waals surface area contributed by atoms with Crippen molar-refractivity contribution in [1.82, 2.24) is 0 Å². The van der Waals surface area contributed by atoms with Crippen LogP contribution in [0.2, 0.25) is 4.31 Å². The quantitative estimate of drug-likeness (QED) is 0.794. The maximum absolute atomic E-state index is 10.2. The number of hydrogen-bond acceptors (Lipinski definition) is 2. The Morgan fingerprint density at radius 2 is 1.76 bits per heavy atom. The summed E-state index contributed by atoms with van der Waals surface area (Å²) in [5.41, 5.74) is 1.50. The molecule has 1 aromatic carbocycles. The second-order valence-electron chi connectivity index (χ2n) is 5.54. The van der Waals surface area contributed by atoms with Gasteiger partial charge in [-0.1, -0.05) is 0 Å². The fourth-order valence-electron chi connectivity index (χ4n) is 2.21. The molecule has 2 rings (SSSR count). The van der Waals surface area contributed by atoms with Gasteiger partial charge in [0.15, 0.2) is 0 Å². The van der Waals surface area contributed by atoms with Gasteiger partial charge in [0.2, 0.25) is 0 Å². The van der Waals surface area contributed by atoms with Crippen LogP contribution in [0.5, 0.6) is 0 Å². The van der Waals surface area contributed by atoms with Crippen molar-refractivity contribution >= 4 is 19.6 Å². The molecule has 1 heterocycles. The fraction of sp³-hybridized carbons (Fsp3) is 0.500. The minimum absolute atomic E-state index is 0.165. The molecular weight excluding hydrogens is 277 g/mol. The van der Waals surface area contributed by atoms with Crippen molar-refractivity contribution in [3.8, 4) is 0 Å². The molecule has 0 radical (unpaired) electrons. The van der Waals surface area contributed by atoms with Gasteiger partial charge >= 0.3 is 109 Å². The van der Waals surface area contributed by atoms with Crippen molar-refractivity contribution in [2.75, 3.05) is 0 Å². The SMILES string of the molecule is Cc1ccc(C2=NC(C)(O)CC(C)(C)[Se]2)cc1. The van der Waals surface area contributed by atoms with Crippen LogP contribution in [0.25, 0.3) is 0 Å². The first-order chi connectivity index (χ1) is 7.77. The van der Waals surface area contributed by atoms with Gasteiger partial charge in [-0.05, 0) is 0 Å². The van der Waals surface area contributed by atoms with Crippen LogP contribution < -0.4 is 0 Å². The van der Waals surface area contributed by atoms with E-state index in [1.807, 2.05) is 0 Å². The number of hydrogen-bond donors (Lipinski definition) is 1. The van der Waals surface area contributed by atoms with Crippen LogP contribution in [0.15, 0.2) is 29.3 Å². The number of benzene rings is 1. The van der Waals surface area contributed by atoms with Gasteiger partial charge in [-0.2, -0.15) is 0 Å². The van der Waals surface area contributed by atoms with Crippen LogP contribution in [-0.4, -0.2) is 30.4 Å². The summed E-state index contributed by atoms with van der Waals surface area (Å²) < 4.78 is 1.25. The monoisotopic (exact) mass is 297 g/mol. The van der Waals surface area contributed by atoms with E-state index in [1.54, 1.807) is 6.92 Å². The number of aliphatic hydroxyl groups is 1. The van der Waals surface area contributed by atoms with E-state index < -0.39 is 5.72 Å². The maximum atomic E-state index is 10.2. The Kier molecular flexibility index (Phi) is 3.19. The van der Waals surface area contributed by atoms with E-state index >= 15 is 0 Å². The Morgan fingerprint density at radius 1 is 1.18 bits per heavy atom. The van der Waals surface area contributed by atoms with E-state index in [4.69, 9.17) is 0 Å². The molecule has 1 aromatic rings. The van der Waals surface area contributed by atoms with E-state index in [1.165, 1.54) is 5.56 Å². The van der Waals surface area contributed by atoms with E-state index in [-0.39, 0.29) is 4.31 Å². The Morgan fingerprint density at radius 3 is 2.29 bits per heavy atom. The molecular formula is C14H19NOSe. The van der Waals surface area contributed by atoms with Crippen molar-refractivity contribution in [1.29, 1.82) is 0 Å². The van der Waals surface area contributed by atoms with Crippen LogP contribution in [-0.2, 0) is 0 Å². The van der Waals surface area contributed by atoms with Crippen LogP contribution in [0.3, 0.4) is 0 Å². The van der Waals surface area contributed by atoms with Gasteiger partial charge in [-0.25, -0.2) is 0 Å². The van der Waals surface area contributed by atoms with Crippen molar-refractivity contribution < 1.29 is 5.11 Å². The second kappa shape index (κ2) is 4.24. The number of rotatable bonds is 1. The first-order valence-electron chi connectivity index (χ1n) is 5.86. The molecule has 1 N–H and O–H groups in total. The van der Waals surface area contributed by atoms with Crippen LogP contribution >= 0.6 is 0 Å². The third kappa shape index (κ3) is 3.18. The summed E-state index contributed by atoms with van der Waals surface area (Å²) in [4.78, 5) is 4.51. The molecule has 0 fully saturated rings. The standard InChI is InChI=1S/C14H19NOSe/c1-10-5-7-11(8-6-10)12-15-14(4,16)9-13(2,3)17-12/h5-8,16H,9H2,1-4H3. The van der Waals surface area contributed by atoms with Crippen molar-refractivity contribution in [2.45, 2.75) is 44.2 Å². The molecule has 0 aromatic heterocycles. The van der Waals surface area contributed by atoms with Crippen LogP contribution in [0.4, 0.5) is 0 Å². The minimum atomic E-state index is -0.913. The van der Waals surface area contributed by atoms with Gasteiger partial charge in [-0.15, -0.1) is 0 Å². The van der Waals surface area contributed by atoms with E-state index in [0.717, 1.165) is 16.6 Å². The Hall–Kier alpha value is -0.631. The zero-order valence-electron chi connectivity index (χ0n) is 10.8. The van der Waals surface area contributed by atoms with E-state index in [0.29, 0.717) is 15.0 Å². The summed E-state index contributed by atoms with van der Waals surface area (Å²) in [6.45, 7) is 8.31. The molecule has 0 saturated heterocycles. The molecule has 2 nitrogen and oxygen atoms in total. The van der Waals surface area contributed by atoms with Gasteiger partial charge in [-0.3, -0.25) is 0 Å².